The van der Waals surface area contributed by atoms with Gasteiger partial charge in [-0.2, -0.15) is 0 Å². The van der Waals surface area contributed by atoms with E-state index in [1.54, 1.807) is 0 Å². The smallest absolute Gasteiger partial charge is 0.0235 e. The predicted molar refractivity (Wildman–Crippen MR) is 69.8 cm³/mol. The number of likely N-dealkylation sites (N-methyl/N-ethyl adjacent to an activating group) is 1. The zero-order valence-corrected chi connectivity index (χ0v) is 10.9. The molecule has 1 aliphatic carbocycles. The van der Waals surface area contributed by atoms with Crippen molar-refractivity contribution in [3.8, 4) is 0 Å². The molecule has 1 saturated carbocycles. The summed E-state index contributed by atoms with van der Waals surface area (Å²) < 4.78 is 0. The third-order valence-corrected chi connectivity index (χ3v) is 4.41. The molecule has 1 atom stereocenters. The molecule has 0 spiro atoms. The summed E-state index contributed by atoms with van der Waals surface area (Å²) in [5, 5.41) is 3.51. The highest BCUT2D eigenvalue weighted by atomic mass is 15.2. The molecule has 0 aromatic carbocycles. The van der Waals surface area contributed by atoms with E-state index < -0.39 is 0 Å². The molecule has 2 nitrogen and oxygen atoms in total. The molecule has 2 heteroatoms. The first-order valence-electron chi connectivity index (χ1n) is 7.38. The lowest BCUT2D eigenvalue weighted by molar-refractivity contribution is 0.127. The summed E-state index contributed by atoms with van der Waals surface area (Å²) in [5.41, 5.74) is 0. The van der Waals surface area contributed by atoms with Crippen LogP contribution in [0.1, 0.15) is 58.3 Å². The molecule has 0 amide bonds. The predicted octanol–water partition coefficient (Wildman–Crippen LogP) is 2.78. The van der Waals surface area contributed by atoms with E-state index in [2.05, 4.69) is 17.1 Å². The summed E-state index contributed by atoms with van der Waals surface area (Å²) in [6.07, 6.45) is 11.6. The van der Waals surface area contributed by atoms with Crippen molar-refractivity contribution in [2.75, 3.05) is 19.6 Å². The van der Waals surface area contributed by atoms with Crippen LogP contribution in [0.15, 0.2) is 0 Å². The van der Waals surface area contributed by atoms with Crippen LogP contribution in [0.5, 0.6) is 0 Å². The van der Waals surface area contributed by atoms with Crippen molar-refractivity contribution in [2.24, 2.45) is 0 Å². The van der Waals surface area contributed by atoms with E-state index in [1.807, 2.05) is 0 Å². The molecule has 16 heavy (non-hydrogen) atoms. The van der Waals surface area contributed by atoms with Crippen molar-refractivity contribution in [1.29, 1.82) is 0 Å². The molecule has 1 unspecified atom stereocenters. The lowest BCUT2D eigenvalue weighted by Gasteiger charge is -2.36. The summed E-state index contributed by atoms with van der Waals surface area (Å²) in [6.45, 7) is 6.05. The van der Waals surface area contributed by atoms with Crippen LogP contribution >= 0.6 is 0 Å². The molecule has 0 radical (unpaired) electrons. The number of nitrogens with zero attached hydrogens (tertiary/aromatic N) is 1. The van der Waals surface area contributed by atoms with Crippen LogP contribution in [0.2, 0.25) is 0 Å². The second-order valence-corrected chi connectivity index (χ2v) is 5.48. The number of hydrogen-bond acceptors (Lipinski definition) is 2. The van der Waals surface area contributed by atoms with Crippen molar-refractivity contribution in [1.82, 2.24) is 10.2 Å². The van der Waals surface area contributed by atoms with Crippen LogP contribution < -0.4 is 5.32 Å². The first kappa shape index (κ1) is 12.4. The van der Waals surface area contributed by atoms with Crippen molar-refractivity contribution in [3.63, 3.8) is 0 Å². The van der Waals surface area contributed by atoms with Gasteiger partial charge in [0.05, 0.1) is 0 Å². The van der Waals surface area contributed by atoms with Gasteiger partial charge < -0.3 is 5.32 Å². The van der Waals surface area contributed by atoms with E-state index in [1.165, 1.54) is 71.0 Å². The van der Waals surface area contributed by atoms with Gasteiger partial charge in [0.15, 0.2) is 0 Å². The van der Waals surface area contributed by atoms with Crippen LogP contribution in [0.4, 0.5) is 0 Å². The van der Waals surface area contributed by atoms with Gasteiger partial charge >= 0.3 is 0 Å². The lowest BCUT2D eigenvalue weighted by atomic mass is 9.94. The van der Waals surface area contributed by atoms with Crippen LogP contribution in [-0.2, 0) is 0 Å². The van der Waals surface area contributed by atoms with Crippen LogP contribution in [0, 0.1) is 0 Å². The van der Waals surface area contributed by atoms with Gasteiger partial charge in [0.1, 0.15) is 0 Å². The minimum atomic E-state index is 0.828. The number of nitrogens with one attached hydrogen (secondary N) is 1. The van der Waals surface area contributed by atoms with E-state index in [0.717, 1.165) is 12.1 Å². The second-order valence-electron chi connectivity index (χ2n) is 5.48. The molecule has 2 aliphatic rings. The highest BCUT2D eigenvalue weighted by Gasteiger charge is 2.27. The van der Waals surface area contributed by atoms with E-state index >= 15 is 0 Å². The maximum atomic E-state index is 3.51. The molecule has 0 bridgehead atoms. The van der Waals surface area contributed by atoms with Gasteiger partial charge in [-0.15, -0.1) is 0 Å². The highest BCUT2D eigenvalue weighted by molar-refractivity contribution is 4.85. The molecule has 1 saturated heterocycles. The van der Waals surface area contributed by atoms with Crippen molar-refractivity contribution in [2.45, 2.75) is 70.4 Å². The first-order chi connectivity index (χ1) is 7.92. The molecule has 1 aliphatic heterocycles. The Hall–Kier alpha value is -0.0800. The van der Waals surface area contributed by atoms with Gasteiger partial charge in [0.2, 0.25) is 0 Å². The maximum Gasteiger partial charge on any atom is 0.0235 e. The number of rotatable bonds is 3. The Morgan fingerprint density at radius 3 is 2.19 bits per heavy atom. The molecule has 0 aromatic rings. The van der Waals surface area contributed by atoms with Crippen LogP contribution in [-0.4, -0.2) is 36.6 Å². The second kappa shape index (κ2) is 6.61. The monoisotopic (exact) mass is 224 g/mol. The quantitative estimate of drug-likeness (QED) is 0.793. The van der Waals surface area contributed by atoms with Crippen molar-refractivity contribution < 1.29 is 0 Å². The minimum absolute atomic E-state index is 0.828. The van der Waals surface area contributed by atoms with E-state index in [-0.39, 0.29) is 0 Å². The number of hydrogen-bond donors (Lipinski definition) is 1. The summed E-state index contributed by atoms with van der Waals surface area (Å²) in [4.78, 5) is 2.80. The van der Waals surface area contributed by atoms with E-state index in [4.69, 9.17) is 0 Å². The average Bonchev–Trinajstić information content (AvgIpc) is 2.75. The van der Waals surface area contributed by atoms with Gasteiger partial charge in [-0.25, -0.2) is 0 Å². The summed E-state index contributed by atoms with van der Waals surface area (Å²) >= 11 is 0. The maximum absolute atomic E-state index is 3.51. The lowest BCUT2D eigenvalue weighted by Crippen LogP contribution is -2.44. The molecular formula is C14H28N2. The van der Waals surface area contributed by atoms with Crippen molar-refractivity contribution >= 4 is 0 Å². The topological polar surface area (TPSA) is 15.3 Å². The molecule has 94 valence electrons. The minimum Gasteiger partial charge on any atom is -0.315 e. The molecule has 1 heterocycles. The Balaban J connectivity index is 1.89. The Kier molecular flexibility index (Phi) is 5.11. The van der Waals surface area contributed by atoms with Gasteiger partial charge in [0, 0.05) is 18.6 Å². The normalized spacial score (nSPS) is 29.2. The highest BCUT2D eigenvalue weighted by Crippen LogP contribution is 2.24. The zero-order chi connectivity index (χ0) is 11.2. The fraction of sp³-hybridized carbons (Fsp3) is 1.00. The SMILES string of the molecule is CCN(C1CCCCCCC1)C1CCNC1. The van der Waals surface area contributed by atoms with Gasteiger partial charge in [-0.05, 0) is 32.4 Å². The molecule has 1 N–H and O–H groups in total. The summed E-state index contributed by atoms with van der Waals surface area (Å²) in [5.74, 6) is 0. The fourth-order valence-electron chi connectivity index (χ4n) is 3.50. The average molecular weight is 224 g/mol. The molecule has 2 fully saturated rings. The largest absolute Gasteiger partial charge is 0.315 e. The third kappa shape index (κ3) is 3.21. The molecular weight excluding hydrogens is 196 g/mol. The van der Waals surface area contributed by atoms with E-state index in [0.29, 0.717) is 0 Å². The van der Waals surface area contributed by atoms with Gasteiger partial charge in [-0.3, -0.25) is 4.90 Å². The summed E-state index contributed by atoms with van der Waals surface area (Å²) in [6, 6.07) is 1.71. The Labute approximate surface area is 101 Å². The summed E-state index contributed by atoms with van der Waals surface area (Å²) in [7, 11) is 0. The van der Waals surface area contributed by atoms with Crippen molar-refractivity contribution in [3.05, 3.63) is 0 Å². The van der Waals surface area contributed by atoms with Gasteiger partial charge in [0.25, 0.3) is 0 Å². The Morgan fingerprint density at radius 2 is 1.62 bits per heavy atom. The standard InChI is InChI=1S/C14H28N2/c1-2-16(14-10-11-15-12-14)13-8-6-4-3-5-7-9-13/h13-15H,2-12H2,1H3. The Bertz CT molecular complexity index is 179. The van der Waals surface area contributed by atoms with Gasteiger partial charge in [-0.1, -0.05) is 39.0 Å². The zero-order valence-electron chi connectivity index (χ0n) is 10.9. The fourth-order valence-corrected chi connectivity index (χ4v) is 3.50. The molecule has 0 aromatic heterocycles. The Morgan fingerprint density at radius 1 is 0.938 bits per heavy atom. The molecule has 2 rings (SSSR count). The van der Waals surface area contributed by atoms with E-state index in [9.17, 15) is 0 Å². The third-order valence-electron chi connectivity index (χ3n) is 4.41. The first-order valence-corrected chi connectivity index (χ1v) is 7.38. The van der Waals surface area contributed by atoms with Crippen LogP contribution in [0.3, 0.4) is 0 Å². The van der Waals surface area contributed by atoms with Crippen LogP contribution in [0.25, 0.3) is 0 Å².